The number of amides is 1. The monoisotopic (exact) mass is 469 g/mol. The van der Waals surface area contributed by atoms with E-state index in [4.69, 9.17) is 16.6 Å². The molecule has 0 unspecified atom stereocenters. The number of hydrogen-bond donors (Lipinski definition) is 0. The molecule has 0 atom stereocenters. The van der Waals surface area contributed by atoms with E-state index in [1.165, 1.54) is 11.3 Å². The highest BCUT2D eigenvalue weighted by atomic mass is 35.5. The molecule has 0 aliphatic carbocycles. The van der Waals surface area contributed by atoms with E-state index in [1.54, 1.807) is 4.90 Å². The Morgan fingerprint density at radius 1 is 1.17 bits per heavy atom. The number of likely N-dealkylation sites (N-methyl/N-ethyl adjacent to an activating group) is 1. The van der Waals surface area contributed by atoms with E-state index in [2.05, 4.69) is 23.8 Å². The van der Waals surface area contributed by atoms with Crippen molar-refractivity contribution in [2.45, 2.75) is 41.2 Å². The molecule has 0 N–H and O–H groups in total. The first-order valence-corrected chi connectivity index (χ1v) is 11.2. The molecule has 2 heterocycles. The summed E-state index contributed by atoms with van der Waals surface area (Å²) in [6, 6.07) is 5.69. The van der Waals surface area contributed by atoms with E-state index in [9.17, 15) is 4.79 Å². The molecule has 30 heavy (non-hydrogen) atoms. The van der Waals surface area contributed by atoms with Gasteiger partial charge in [-0.25, -0.2) is 4.98 Å². The summed E-state index contributed by atoms with van der Waals surface area (Å²) >= 11 is 7.86. The van der Waals surface area contributed by atoms with Crippen molar-refractivity contribution < 1.29 is 4.79 Å². The van der Waals surface area contributed by atoms with Crippen LogP contribution in [0.3, 0.4) is 0 Å². The van der Waals surface area contributed by atoms with Crippen LogP contribution >= 0.6 is 35.3 Å². The highest BCUT2D eigenvalue weighted by molar-refractivity contribution is 7.23. The summed E-state index contributed by atoms with van der Waals surface area (Å²) in [6.07, 6.45) is 0. The molecule has 0 fully saturated rings. The predicted molar refractivity (Wildman–Crippen MR) is 129 cm³/mol. The molecule has 9 heteroatoms. The van der Waals surface area contributed by atoms with E-state index in [-0.39, 0.29) is 18.3 Å². The van der Waals surface area contributed by atoms with Gasteiger partial charge in [0, 0.05) is 25.3 Å². The van der Waals surface area contributed by atoms with Crippen molar-refractivity contribution in [3.63, 3.8) is 0 Å². The average Bonchev–Trinajstić information content (AvgIpc) is 3.32. The molecule has 0 bridgehead atoms. The molecule has 6 nitrogen and oxygen atoms in total. The van der Waals surface area contributed by atoms with Crippen molar-refractivity contribution in [1.29, 1.82) is 0 Å². The summed E-state index contributed by atoms with van der Waals surface area (Å²) in [5.74, 6) is -0.125. The number of thiazole rings is 1. The van der Waals surface area contributed by atoms with Crippen molar-refractivity contribution in [2.24, 2.45) is 0 Å². The van der Waals surface area contributed by atoms with Gasteiger partial charge in [-0.15, -0.1) is 12.4 Å². The van der Waals surface area contributed by atoms with Crippen molar-refractivity contribution >= 4 is 56.6 Å². The Morgan fingerprint density at radius 3 is 2.43 bits per heavy atom. The molecule has 3 aromatic rings. The topological polar surface area (TPSA) is 54.3 Å². The number of rotatable bonds is 8. The first-order valence-electron chi connectivity index (χ1n) is 10.0. The van der Waals surface area contributed by atoms with Crippen molar-refractivity contribution in [1.82, 2.24) is 19.7 Å². The van der Waals surface area contributed by atoms with Gasteiger partial charge in [0.15, 0.2) is 10.8 Å². The molecule has 0 radical (unpaired) electrons. The summed E-state index contributed by atoms with van der Waals surface area (Å²) in [4.78, 5) is 22.3. The van der Waals surface area contributed by atoms with Gasteiger partial charge in [-0.2, -0.15) is 5.10 Å². The minimum absolute atomic E-state index is 0. The summed E-state index contributed by atoms with van der Waals surface area (Å²) in [6.45, 7) is 14.2. The number of carbonyl (C=O) groups excluding carboxylic acids is 1. The quantitative estimate of drug-likeness (QED) is 0.455. The van der Waals surface area contributed by atoms with Crippen LogP contribution in [0, 0.1) is 13.8 Å². The summed E-state index contributed by atoms with van der Waals surface area (Å²) in [5.41, 5.74) is 3.33. The Morgan fingerprint density at radius 2 is 1.87 bits per heavy atom. The van der Waals surface area contributed by atoms with Crippen LogP contribution in [0.2, 0.25) is 5.02 Å². The van der Waals surface area contributed by atoms with Gasteiger partial charge in [-0.1, -0.05) is 42.9 Å². The number of aromatic nitrogens is 3. The largest absolute Gasteiger partial charge is 0.302 e. The first kappa shape index (κ1) is 24.6. The van der Waals surface area contributed by atoms with Crippen LogP contribution in [0.15, 0.2) is 18.2 Å². The van der Waals surface area contributed by atoms with Crippen molar-refractivity contribution in [3.05, 3.63) is 40.2 Å². The second kappa shape index (κ2) is 10.6. The molecule has 0 saturated heterocycles. The standard InChI is InChI=1S/C21H28ClN5OS.ClH/c1-6-25(7-2)11-12-26(20(28)17-13-15(5)27(8-3)24-17)21-23-18-14(4)9-10-16(22)19(18)29-21;/h9-10,13H,6-8,11-12H2,1-5H3;1H. The second-order valence-corrected chi connectivity index (χ2v) is 8.39. The molecule has 164 valence electrons. The molecule has 0 saturated carbocycles. The number of fused-ring (bicyclic) bond motifs is 1. The summed E-state index contributed by atoms with van der Waals surface area (Å²) in [7, 11) is 0. The van der Waals surface area contributed by atoms with Gasteiger partial charge in [-0.3, -0.25) is 14.4 Å². The van der Waals surface area contributed by atoms with E-state index in [0.717, 1.165) is 47.7 Å². The van der Waals surface area contributed by atoms with Gasteiger partial charge in [0.2, 0.25) is 0 Å². The van der Waals surface area contributed by atoms with E-state index < -0.39 is 0 Å². The Kier molecular flexibility index (Phi) is 8.67. The van der Waals surface area contributed by atoms with Crippen molar-refractivity contribution in [3.8, 4) is 0 Å². The number of aryl methyl sites for hydroxylation is 3. The third-order valence-corrected chi connectivity index (χ3v) is 6.73. The minimum atomic E-state index is -0.125. The van der Waals surface area contributed by atoms with Gasteiger partial charge in [0.25, 0.3) is 5.91 Å². The van der Waals surface area contributed by atoms with Crippen molar-refractivity contribution in [2.75, 3.05) is 31.1 Å². The zero-order chi connectivity index (χ0) is 21.1. The Balaban J connectivity index is 0.00000320. The maximum absolute atomic E-state index is 13.4. The number of anilines is 1. The molecule has 1 aromatic carbocycles. The third kappa shape index (κ3) is 4.97. The smallest absolute Gasteiger partial charge is 0.280 e. The fourth-order valence-corrected chi connectivity index (χ4v) is 4.69. The van der Waals surface area contributed by atoms with Crippen LogP contribution in [-0.4, -0.2) is 51.8 Å². The molecule has 1 amide bonds. The Labute approximate surface area is 193 Å². The average molecular weight is 470 g/mol. The number of halogens is 2. The molecule has 0 aliphatic rings. The molecule has 0 spiro atoms. The lowest BCUT2D eigenvalue weighted by molar-refractivity contribution is 0.0978. The fraction of sp³-hybridized carbons (Fsp3) is 0.476. The van der Waals surface area contributed by atoms with Crippen LogP contribution in [-0.2, 0) is 6.54 Å². The number of carbonyl (C=O) groups is 1. The van der Waals surface area contributed by atoms with Crippen LogP contribution in [0.1, 0.15) is 42.5 Å². The number of benzene rings is 1. The molecular weight excluding hydrogens is 441 g/mol. The van der Waals surface area contributed by atoms with Crippen LogP contribution in [0.25, 0.3) is 10.2 Å². The van der Waals surface area contributed by atoms with E-state index in [0.29, 0.717) is 22.4 Å². The number of hydrogen-bond acceptors (Lipinski definition) is 5. The van der Waals surface area contributed by atoms with Gasteiger partial charge < -0.3 is 4.90 Å². The van der Waals surface area contributed by atoms with Crippen LogP contribution in [0.4, 0.5) is 5.13 Å². The zero-order valence-electron chi connectivity index (χ0n) is 18.1. The zero-order valence-corrected chi connectivity index (χ0v) is 20.5. The highest BCUT2D eigenvalue weighted by Gasteiger charge is 2.25. The fourth-order valence-electron chi connectivity index (χ4n) is 3.34. The van der Waals surface area contributed by atoms with Crippen LogP contribution < -0.4 is 4.90 Å². The van der Waals surface area contributed by atoms with Gasteiger partial charge in [-0.05, 0) is 51.6 Å². The first-order chi connectivity index (χ1) is 13.9. The Bertz CT molecular complexity index is 973. The maximum Gasteiger partial charge on any atom is 0.280 e. The van der Waals surface area contributed by atoms with E-state index >= 15 is 0 Å². The van der Waals surface area contributed by atoms with Gasteiger partial charge in [0.1, 0.15) is 0 Å². The molecule has 3 rings (SSSR count). The lowest BCUT2D eigenvalue weighted by Gasteiger charge is -2.24. The predicted octanol–water partition coefficient (Wildman–Crippen LogP) is 5.19. The summed E-state index contributed by atoms with van der Waals surface area (Å²) < 4.78 is 2.76. The lowest BCUT2D eigenvalue weighted by Crippen LogP contribution is -2.39. The highest BCUT2D eigenvalue weighted by Crippen LogP contribution is 2.36. The second-order valence-electron chi connectivity index (χ2n) is 7.01. The third-order valence-electron chi connectivity index (χ3n) is 5.20. The van der Waals surface area contributed by atoms with Gasteiger partial charge in [0.05, 0.1) is 15.2 Å². The molecular formula is C21H29Cl2N5OS. The normalized spacial score (nSPS) is 11.2. The van der Waals surface area contributed by atoms with E-state index in [1.807, 2.05) is 43.7 Å². The molecule has 0 aliphatic heterocycles. The lowest BCUT2D eigenvalue weighted by atomic mass is 10.2. The van der Waals surface area contributed by atoms with Crippen LogP contribution in [0.5, 0.6) is 0 Å². The Hall–Kier alpha value is -1.67. The van der Waals surface area contributed by atoms with Gasteiger partial charge >= 0.3 is 0 Å². The number of nitrogens with zero attached hydrogens (tertiary/aromatic N) is 5. The minimum Gasteiger partial charge on any atom is -0.302 e. The molecule has 2 aromatic heterocycles. The SMILES string of the molecule is CCN(CC)CCN(C(=O)c1cc(C)n(CC)n1)c1nc2c(C)ccc(Cl)c2s1.Cl. The maximum atomic E-state index is 13.4. The summed E-state index contributed by atoms with van der Waals surface area (Å²) in [5, 5.41) is 5.82.